The Labute approximate surface area is 283 Å². The molecule has 0 amide bonds. The highest BCUT2D eigenvalue weighted by atomic mass is 35.5. The van der Waals surface area contributed by atoms with Gasteiger partial charge in [-0.25, -0.2) is 0 Å². The number of aromatic nitrogens is 1. The van der Waals surface area contributed by atoms with Crippen LogP contribution < -0.4 is 4.57 Å². The predicted molar refractivity (Wildman–Crippen MR) is 198 cm³/mol. The molecular formula is C42H55ClNS+. The zero-order valence-electron chi connectivity index (χ0n) is 30.1. The monoisotopic (exact) mass is 640 g/mol. The zero-order chi connectivity index (χ0) is 33.3. The number of halogens is 1. The molecule has 45 heavy (non-hydrogen) atoms. The third-order valence-corrected chi connectivity index (χ3v) is 11.2. The van der Waals surface area contributed by atoms with Gasteiger partial charge in [0.05, 0.1) is 21.0 Å². The average molecular weight is 641 g/mol. The molecule has 0 saturated heterocycles. The number of fused-ring (bicyclic) bond motifs is 1. The maximum absolute atomic E-state index is 7.38. The van der Waals surface area contributed by atoms with E-state index in [9.17, 15) is 0 Å². The molecule has 0 N–H and O–H groups in total. The summed E-state index contributed by atoms with van der Waals surface area (Å²) in [7, 11) is 0. The van der Waals surface area contributed by atoms with Gasteiger partial charge in [-0.3, -0.25) is 0 Å². The molecule has 1 heterocycles. The van der Waals surface area contributed by atoms with E-state index in [2.05, 4.69) is 149 Å². The third kappa shape index (κ3) is 6.84. The summed E-state index contributed by atoms with van der Waals surface area (Å²) < 4.78 is 2.52. The Morgan fingerprint density at radius 3 is 1.60 bits per heavy atom. The molecule has 240 valence electrons. The summed E-state index contributed by atoms with van der Waals surface area (Å²) in [6, 6.07) is 18.9. The Balaban J connectivity index is 1.94. The molecule has 1 aliphatic rings. The number of benzene rings is 3. The molecule has 0 bridgehead atoms. The molecule has 1 nitrogen and oxygen atoms in total. The Morgan fingerprint density at radius 1 is 0.667 bits per heavy atom. The first-order valence-electron chi connectivity index (χ1n) is 16.8. The lowest BCUT2D eigenvalue weighted by Crippen LogP contribution is -2.36. The summed E-state index contributed by atoms with van der Waals surface area (Å²) in [5.41, 5.74) is 15.3. The summed E-state index contributed by atoms with van der Waals surface area (Å²) in [5, 5.41) is 0.805. The summed E-state index contributed by atoms with van der Waals surface area (Å²) >= 11 is 9.30. The molecule has 0 saturated carbocycles. The van der Waals surface area contributed by atoms with Crippen molar-refractivity contribution in [2.24, 2.45) is 0 Å². The summed E-state index contributed by atoms with van der Waals surface area (Å²) in [6.45, 7) is 30.2. The Hall–Kier alpha value is -2.42. The predicted octanol–water partition coefficient (Wildman–Crippen LogP) is 12.6. The average Bonchev–Trinajstić information content (AvgIpc) is 3.35. The van der Waals surface area contributed by atoms with Crippen LogP contribution >= 0.6 is 22.9 Å². The van der Waals surface area contributed by atoms with E-state index in [-0.39, 0.29) is 21.7 Å². The van der Waals surface area contributed by atoms with E-state index in [1.165, 1.54) is 68.0 Å². The van der Waals surface area contributed by atoms with Crippen LogP contribution in [0.3, 0.4) is 0 Å². The van der Waals surface area contributed by atoms with Gasteiger partial charge in [0.25, 0.3) is 0 Å². The minimum Gasteiger partial charge on any atom is -0.153 e. The normalized spacial score (nSPS) is 16.2. The molecule has 0 fully saturated rings. The van der Waals surface area contributed by atoms with Crippen LogP contribution in [0.2, 0.25) is 5.02 Å². The van der Waals surface area contributed by atoms with E-state index in [0.717, 1.165) is 17.0 Å². The molecule has 0 radical (unpaired) electrons. The summed E-state index contributed by atoms with van der Waals surface area (Å²) in [6.07, 6.45) is 3.57. The van der Waals surface area contributed by atoms with Crippen molar-refractivity contribution < 1.29 is 4.57 Å². The number of hydrogen-bond acceptors (Lipinski definition) is 1. The van der Waals surface area contributed by atoms with Crippen LogP contribution in [0, 0.1) is 0 Å². The van der Waals surface area contributed by atoms with Gasteiger partial charge in [-0.1, -0.05) is 149 Å². The lowest BCUT2D eigenvalue weighted by Gasteiger charge is -2.27. The second kappa shape index (κ2) is 11.7. The van der Waals surface area contributed by atoms with Crippen LogP contribution in [0.1, 0.15) is 142 Å². The first-order valence-corrected chi connectivity index (χ1v) is 18.1. The minimum absolute atomic E-state index is 0.00697. The third-order valence-electron chi connectivity index (χ3n) is 9.66. The van der Waals surface area contributed by atoms with Crippen molar-refractivity contribution in [3.63, 3.8) is 0 Å². The van der Waals surface area contributed by atoms with Crippen LogP contribution in [0.5, 0.6) is 0 Å². The van der Waals surface area contributed by atoms with Gasteiger partial charge in [0.15, 0.2) is 0 Å². The lowest BCUT2D eigenvalue weighted by atomic mass is 9.77. The molecule has 0 aliphatic heterocycles. The zero-order valence-corrected chi connectivity index (χ0v) is 31.7. The van der Waals surface area contributed by atoms with E-state index in [0.29, 0.717) is 5.92 Å². The molecular weight excluding hydrogens is 586 g/mol. The van der Waals surface area contributed by atoms with Crippen LogP contribution in [0.25, 0.3) is 27.9 Å². The van der Waals surface area contributed by atoms with Crippen molar-refractivity contribution in [3.05, 3.63) is 91.9 Å². The standard InChI is InChI=1S/C42H55ClNS/c1-26-15-14-16-35-38(26)45-25-44(35)37-33(27-19-29(39(2,3)4)23-30(20-27)40(5,6)7)17-18-34(43)36(37)28-21-31(41(8,9)10)24-32(22-28)42(11,12)13/h17-26H,14-16H2,1-13H3/q+1. The van der Waals surface area contributed by atoms with Crippen molar-refractivity contribution in [3.8, 4) is 27.9 Å². The molecule has 5 rings (SSSR count). The molecule has 1 aliphatic carbocycles. The van der Waals surface area contributed by atoms with Crippen molar-refractivity contribution in [1.29, 1.82) is 0 Å². The largest absolute Gasteiger partial charge is 0.231 e. The fourth-order valence-corrected chi connectivity index (χ4v) is 7.91. The molecule has 0 spiro atoms. The second-order valence-corrected chi connectivity index (χ2v) is 18.9. The van der Waals surface area contributed by atoms with Crippen LogP contribution in [-0.2, 0) is 28.1 Å². The summed E-state index contributed by atoms with van der Waals surface area (Å²) in [5.74, 6) is 0.583. The van der Waals surface area contributed by atoms with Crippen molar-refractivity contribution in [2.75, 3.05) is 0 Å². The smallest absolute Gasteiger partial charge is 0.153 e. The van der Waals surface area contributed by atoms with E-state index >= 15 is 0 Å². The Kier molecular flexibility index (Phi) is 8.80. The molecule has 1 aromatic heterocycles. The van der Waals surface area contributed by atoms with E-state index in [4.69, 9.17) is 11.6 Å². The number of nitrogens with zero attached hydrogens (tertiary/aromatic N) is 1. The quantitative estimate of drug-likeness (QED) is 0.196. The Bertz CT molecular complexity index is 1660. The van der Waals surface area contributed by atoms with Crippen molar-refractivity contribution >= 4 is 22.9 Å². The van der Waals surface area contributed by atoms with Crippen molar-refractivity contribution in [1.82, 2.24) is 0 Å². The number of hydrogen-bond donors (Lipinski definition) is 0. The van der Waals surface area contributed by atoms with Crippen LogP contribution in [-0.4, -0.2) is 0 Å². The maximum Gasteiger partial charge on any atom is 0.231 e. The highest BCUT2D eigenvalue weighted by Gasteiger charge is 2.34. The van der Waals surface area contributed by atoms with Gasteiger partial charge in [-0.2, -0.15) is 4.57 Å². The SMILES string of the molecule is CC1CCCc2c1sc[n+]2-c1c(-c2cc(C(C)(C)C)cc(C(C)(C)C)c2)ccc(Cl)c1-c1cc(C(C)(C)C)cc(C(C)(C)C)c1. The highest BCUT2D eigenvalue weighted by Crippen LogP contribution is 2.44. The van der Waals surface area contributed by atoms with Crippen LogP contribution in [0.15, 0.2) is 54.0 Å². The van der Waals surface area contributed by atoms with E-state index in [1.807, 2.05) is 11.3 Å². The van der Waals surface area contributed by atoms with Gasteiger partial charge in [0.1, 0.15) is 0 Å². The first kappa shape index (κ1) is 33.9. The second-order valence-electron chi connectivity index (χ2n) is 17.6. The van der Waals surface area contributed by atoms with Gasteiger partial charge < -0.3 is 0 Å². The van der Waals surface area contributed by atoms with Gasteiger partial charge in [-0.05, 0) is 85.9 Å². The van der Waals surface area contributed by atoms with Gasteiger partial charge in [0, 0.05) is 6.42 Å². The van der Waals surface area contributed by atoms with Gasteiger partial charge in [-0.15, -0.1) is 0 Å². The fourth-order valence-electron chi connectivity index (χ4n) is 6.51. The molecule has 1 atom stereocenters. The minimum atomic E-state index is 0.00697. The van der Waals surface area contributed by atoms with E-state index in [1.54, 1.807) is 0 Å². The maximum atomic E-state index is 7.38. The molecule has 1 unspecified atom stereocenters. The van der Waals surface area contributed by atoms with E-state index < -0.39 is 0 Å². The number of thiazole rings is 1. The lowest BCUT2D eigenvalue weighted by molar-refractivity contribution is -0.598. The molecule has 3 aromatic carbocycles. The highest BCUT2D eigenvalue weighted by molar-refractivity contribution is 7.09. The van der Waals surface area contributed by atoms with Gasteiger partial charge in [0.2, 0.25) is 16.9 Å². The van der Waals surface area contributed by atoms with Crippen molar-refractivity contribution in [2.45, 2.75) is 137 Å². The fraction of sp³-hybridized carbons (Fsp3) is 0.500. The topological polar surface area (TPSA) is 3.88 Å². The first-order chi connectivity index (χ1) is 20.7. The summed E-state index contributed by atoms with van der Waals surface area (Å²) in [4.78, 5) is 1.52. The molecule has 3 heteroatoms. The molecule has 4 aromatic rings. The number of rotatable bonds is 3. The Morgan fingerprint density at radius 2 is 1.13 bits per heavy atom. The van der Waals surface area contributed by atoms with Crippen LogP contribution in [0.4, 0.5) is 0 Å². The van der Waals surface area contributed by atoms with Gasteiger partial charge >= 0.3 is 0 Å².